The van der Waals surface area contributed by atoms with E-state index in [4.69, 9.17) is 5.73 Å². The number of nitrogens with two attached hydrogens (primary N) is 1. The summed E-state index contributed by atoms with van der Waals surface area (Å²) in [6.07, 6.45) is 4.03. The Morgan fingerprint density at radius 2 is 2.19 bits per heavy atom. The van der Waals surface area contributed by atoms with Gasteiger partial charge in [0.15, 0.2) is 0 Å². The molecule has 1 heterocycles. The Morgan fingerprint density at radius 1 is 1.38 bits per heavy atom. The van der Waals surface area contributed by atoms with Crippen LogP contribution >= 0.6 is 0 Å². The Hall–Kier alpha value is -1.02. The first-order valence-electron chi connectivity index (χ1n) is 6.26. The SMILES string of the molecule is Cc1ccc(N)c(CN2CCCCC2C)c1. The number of hydrogen-bond acceptors (Lipinski definition) is 2. The molecule has 1 saturated heterocycles. The van der Waals surface area contributed by atoms with Crippen molar-refractivity contribution in [1.82, 2.24) is 4.90 Å². The van der Waals surface area contributed by atoms with E-state index in [2.05, 4.69) is 30.9 Å². The lowest BCUT2D eigenvalue weighted by molar-refractivity contribution is 0.153. The van der Waals surface area contributed by atoms with Gasteiger partial charge in [0.05, 0.1) is 0 Å². The minimum Gasteiger partial charge on any atom is -0.398 e. The van der Waals surface area contributed by atoms with Crippen molar-refractivity contribution in [3.8, 4) is 0 Å². The lowest BCUT2D eigenvalue weighted by Gasteiger charge is -2.33. The Balaban J connectivity index is 2.10. The molecule has 0 aliphatic carbocycles. The number of hydrogen-bond donors (Lipinski definition) is 1. The second-order valence-electron chi connectivity index (χ2n) is 5.02. The average molecular weight is 218 g/mol. The van der Waals surface area contributed by atoms with Crippen molar-refractivity contribution in [1.29, 1.82) is 0 Å². The van der Waals surface area contributed by atoms with Gasteiger partial charge in [0.1, 0.15) is 0 Å². The zero-order chi connectivity index (χ0) is 11.5. The van der Waals surface area contributed by atoms with Crippen molar-refractivity contribution in [2.24, 2.45) is 0 Å². The number of piperidine rings is 1. The molecule has 0 radical (unpaired) electrons. The maximum absolute atomic E-state index is 6.03. The van der Waals surface area contributed by atoms with Crippen LogP contribution in [0.5, 0.6) is 0 Å². The van der Waals surface area contributed by atoms with Crippen LogP contribution in [0.3, 0.4) is 0 Å². The molecule has 2 rings (SSSR count). The molecule has 1 aliphatic rings. The third-order valence-corrected chi connectivity index (χ3v) is 3.61. The third kappa shape index (κ3) is 2.56. The Kier molecular flexibility index (Phi) is 3.49. The molecular formula is C14H22N2. The van der Waals surface area contributed by atoms with Crippen molar-refractivity contribution in [3.05, 3.63) is 29.3 Å². The highest BCUT2D eigenvalue weighted by Gasteiger charge is 2.18. The summed E-state index contributed by atoms with van der Waals surface area (Å²) >= 11 is 0. The number of benzene rings is 1. The van der Waals surface area contributed by atoms with Crippen molar-refractivity contribution in [2.45, 2.75) is 45.7 Å². The highest BCUT2D eigenvalue weighted by atomic mass is 15.2. The normalized spacial score (nSPS) is 22.2. The van der Waals surface area contributed by atoms with E-state index in [9.17, 15) is 0 Å². The molecule has 1 aromatic carbocycles. The van der Waals surface area contributed by atoms with Crippen molar-refractivity contribution < 1.29 is 0 Å². The second kappa shape index (κ2) is 4.88. The molecule has 2 heteroatoms. The maximum atomic E-state index is 6.03. The van der Waals surface area contributed by atoms with E-state index >= 15 is 0 Å². The van der Waals surface area contributed by atoms with Gasteiger partial charge < -0.3 is 5.73 Å². The summed E-state index contributed by atoms with van der Waals surface area (Å²) in [5.74, 6) is 0. The average Bonchev–Trinajstić information content (AvgIpc) is 2.27. The first-order valence-corrected chi connectivity index (χ1v) is 6.26. The summed E-state index contributed by atoms with van der Waals surface area (Å²) in [6.45, 7) is 6.68. The Labute approximate surface area is 98.4 Å². The third-order valence-electron chi connectivity index (χ3n) is 3.61. The minimum absolute atomic E-state index is 0.702. The van der Waals surface area contributed by atoms with E-state index in [0.717, 1.165) is 12.2 Å². The van der Waals surface area contributed by atoms with Crippen LogP contribution in [0.15, 0.2) is 18.2 Å². The lowest BCUT2D eigenvalue weighted by Crippen LogP contribution is -2.36. The minimum atomic E-state index is 0.702. The first-order chi connectivity index (χ1) is 7.66. The molecule has 0 amide bonds. The fourth-order valence-corrected chi connectivity index (χ4v) is 2.48. The number of nitrogen functional groups attached to an aromatic ring is 1. The molecule has 1 aliphatic heterocycles. The van der Waals surface area contributed by atoms with E-state index < -0.39 is 0 Å². The van der Waals surface area contributed by atoms with Gasteiger partial charge in [0, 0.05) is 18.3 Å². The molecule has 0 spiro atoms. The summed E-state index contributed by atoms with van der Waals surface area (Å²) in [7, 11) is 0. The van der Waals surface area contributed by atoms with E-state index in [1.807, 2.05) is 6.07 Å². The van der Waals surface area contributed by atoms with Gasteiger partial charge in [0.25, 0.3) is 0 Å². The van der Waals surface area contributed by atoms with Crippen LogP contribution in [0.1, 0.15) is 37.3 Å². The van der Waals surface area contributed by atoms with E-state index in [-0.39, 0.29) is 0 Å². The summed E-state index contributed by atoms with van der Waals surface area (Å²) in [5, 5.41) is 0. The summed E-state index contributed by atoms with van der Waals surface area (Å²) in [6, 6.07) is 7.03. The molecule has 0 saturated carbocycles. The van der Waals surface area contributed by atoms with Crippen LogP contribution < -0.4 is 5.73 Å². The molecule has 1 atom stereocenters. The number of nitrogens with zero attached hydrogens (tertiary/aromatic N) is 1. The molecule has 1 aromatic rings. The van der Waals surface area contributed by atoms with Crippen LogP contribution in [0.2, 0.25) is 0 Å². The van der Waals surface area contributed by atoms with Crippen molar-refractivity contribution in [3.63, 3.8) is 0 Å². The highest BCUT2D eigenvalue weighted by Crippen LogP contribution is 2.22. The van der Waals surface area contributed by atoms with Crippen LogP contribution in [-0.2, 0) is 6.54 Å². The predicted molar refractivity (Wildman–Crippen MR) is 69.3 cm³/mol. The quantitative estimate of drug-likeness (QED) is 0.773. The topological polar surface area (TPSA) is 29.3 Å². The molecule has 1 unspecified atom stereocenters. The molecule has 1 fully saturated rings. The predicted octanol–water partition coefficient (Wildman–Crippen LogP) is 2.95. The van der Waals surface area contributed by atoms with Gasteiger partial charge in [-0.25, -0.2) is 0 Å². The van der Waals surface area contributed by atoms with E-state index in [0.29, 0.717) is 6.04 Å². The number of likely N-dealkylation sites (tertiary alicyclic amines) is 1. The van der Waals surface area contributed by atoms with Gasteiger partial charge >= 0.3 is 0 Å². The molecule has 16 heavy (non-hydrogen) atoms. The van der Waals surface area contributed by atoms with Gasteiger partial charge in [-0.3, -0.25) is 4.90 Å². The first kappa shape index (κ1) is 11.5. The smallest absolute Gasteiger partial charge is 0.0359 e. The summed E-state index contributed by atoms with van der Waals surface area (Å²) in [4.78, 5) is 2.55. The zero-order valence-electron chi connectivity index (χ0n) is 10.4. The number of rotatable bonds is 2. The molecule has 2 nitrogen and oxygen atoms in total. The fourth-order valence-electron chi connectivity index (χ4n) is 2.48. The van der Waals surface area contributed by atoms with Crippen molar-refractivity contribution >= 4 is 5.69 Å². The number of anilines is 1. The maximum Gasteiger partial charge on any atom is 0.0359 e. The fraction of sp³-hybridized carbons (Fsp3) is 0.571. The standard InChI is InChI=1S/C14H22N2/c1-11-6-7-14(15)13(9-11)10-16-8-4-3-5-12(16)2/h6-7,9,12H,3-5,8,10,15H2,1-2H3. The zero-order valence-corrected chi connectivity index (χ0v) is 10.4. The van der Waals surface area contributed by atoms with Gasteiger partial charge in [-0.1, -0.05) is 24.1 Å². The van der Waals surface area contributed by atoms with E-state index in [1.165, 1.54) is 36.9 Å². The van der Waals surface area contributed by atoms with Crippen LogP contribution in [0, 0.1) is 6.92 Å². The highest BCUT2D eigenvalue weighted by molar-refractivity contribution is 5.48. The molecule has 0 bridgehead atoms. The van der Waals surface area contributed by atoms with E-state index in [1.54, 1.807) is 0 Å². The molecule has 88 valence electrons. The summed E-state index contributed by atoms with van der Waals surface area (Å²) in [5.41, 5.74) is 9.54. The van der Waals surface area contributed by atoms with Gasteiger partial charge in [-0.15, -0.1) is 0 Å². The lowest BCUT2D eigenvalue weighted by atomic mass is 10.0. The Morgan fingerprint density at radius 3 is 2.94 bits per heavy atom. The second-order valence-corrected chi connectivity index (χ2v) is 5.02. The van der Waals surface area contributed by atoms with Crippen molar-refractivity contribution in [2.75, 3.05) is 12.3 Å². The van der Waals surface area contributed by atoms with Crippen LogP contribution in [0.4, 0.5) is 5.69 Å². The molecular weight excluding hydrogens is 196 g/mol. The van der Waals surface area contributed by atoms with Gasteiger partial charge in [0.2, 0.25) is 0 Å². The van der Waals surface area contributed by atoms with Crippen LogP contribution in [0.25, 0.3) is 0 Å². The largest absolute Gasteiger partial charge is 0.398 e. The monoisotopic (exact) mass is 218 g/mol. The number of aryl methyl sites for hydroxylation is 1. The molecule has 0 aromatic heterocycles. The summed E-state index contributed by atoms with van der Waals surface area (Å²) < 4.78 is 0. The van der Waals surface area contributed by atoms with Gasteiger partial charge in [-0.2, -0.15) is 0 Å². The Bertz CT molecular complexity index is 360. The molecule has 2 N–H and O–H groups in total. The van der Waals surface area contributed by atoms with Gasteiger partial charge in [-0.05, 0) is 44.9 Å². The van der Waals surface area contributed by atoms with Crippen LogP contribution in [-0.4, -0.2) is 17.5 Å².